The van der Waals surface area contributed by atoms with Crippen LogP contribution in [0, 0.1) is 17.8 Å². The molecular weight excluding hydrogens is 347 g/mol. The highest BCUT2D eigenvalue weighted by Crippen LogP contribution is 2.57. The maximum Gasteiger partial charge on any atom is 0.173 e. The molecule has 0 aromatic heterocycles. The van der Waals surface area contributed by atoms with Gasteiger partial charge in [-0.15, -0.1) is 0 Å². The van der Waals surface area contributed by atoms with Crippen LogP contribution in [0.5, 0.6) is 0 Å². The topological polar surface area (TPSA) is 15.3 Å². The molecule has 0 amide bonds. The second kappa shape index (κ2) is 5.79. The Kier molecular flexibility index (Phi) is 4.02. The molecule has 23 heavy (non-hydrogen) atoms. The summed E-state index contributed by atoms with van der Waals surface area (Å²) in [6.07, 6.45) is 8.21. The molecule has 4 aliphatic carbocycles. The minimum absolute atomic E-state index is 0.262. The molecule has 0 saturated heterocycles. The summed E-state index contributed by atoms with van der Waals surface area (Å²) >= 11 is 18.0. The number of hydrogen-bond acceptors (Lipinski definition) is 1. The van der Waals surface area contributed by atoms with E-state index in [1.165, 1.54) is 38.5 Å². The van der Waals surface area contributed by atoms with E-state index in [4.69, 9.17) is 35.4 Å². The van der Waals surface area contributed by atoms with Crippen molar-refractivity contribution in [3.05, 3.63) is 28.2 Å². The lowest BCUT2D eigenvalue weighted by Gasteiger charge is -2.60. The van der Waals surface area contributed by atoms with E-state index in [-0.39, 0.29) is 5.54 Å². The standard InChI is InChI=1S/C18H22Cl2N2S/c1-22(17(23)21-16-3-2-14(19)7-15(16)20)18-8-11-4-12(9-18)6-13(5-11)10-18/h2-3,7,11-13H,4-6,8-10H2,1H3,(H,21,23). The van der Waals surface area contributed by atoms with Crippen molar-refractivity contribution in [2.24, 2.45) is 17.8 Å². The van der Waals surface area contributed by atoms with Gasteiger partial charge >= 0.3 is 0 Å². The van der Waals surface area contributed by atoms with Crippen LogP contribution in [-0.4, -0.2) is 22.6 Å². The van der Waals surface area contributed by atoms with E-state index >= 15 is 0 Å². The Morgan fingerprint density at radius 2 is 1.70 bits per heavy atom. The van der Waals surface area contributed by atoms with E-state index in [0.717, 1.165) is 28.6 Å². The predicted molar refractivity (Wildman–Crippen MR) is 101 cm³/mol. The number of nitrogens with zero attached hydrogens (tertiary/aromatic N) is 1. The molecule has 1 aromatic carbocycles. The van der Waals surface area contributed by atoms with E-state index < -0.39 is 0 Å². The molecule has 0 radical (unpaired) electrons. The molecule has 1 N–H and O–H groups in total. The van der Waals surface area contributed by atoms with Gasteiger partial charge in [-0.05, 0) is 86.7 Å². The Balaban J connectivity index is 1.52. The molecule has 0 unspecified atom stereocenters. The van der Waals surface area contributed by atoms with E-state index in [2.05, 4.69) is 17.3 Å². The fraction of sp³-hybridized carbons (Fsp3) is 0.611. The number of nitrogens with one attached hydrogen (secondary N) is 1. The summed E-state index contributed by atoms with van der Waals surface area (Å²) in [5.41, 5.74) is 1.09. The SMILES string of the molecule is CN(C(=S)Nc1ccc(Cl)cc1Cl)C12CC3CC(CC(C3)C1)C2. The molecule has 5 heteroatoms. The van der Waals surface area contributed by atoms with Crippen LogP contribution in [0.1, 0.15) is 38.5 Å². The van der Waals surface area contributed by atoms with E-state index in [0.29, 0.717) is 10.0 Å². The van der Waals surface area contributed by atoms with Gasteiger partial charge in [-0.3, -0.25) is 0 Å². The van der Waals surface area contributed by atoms with Gasteiger partial charge in [0, 0.05) is 17.6 Å². The summed E-state index contributed by atoms with van der Waals surface area (Å²) in [6.45, 7) is 0. The number of benzene rings is 1. The van der Waals surface area contributed by atoms with Crippen molar-refractivity contribution in [3.8, 4) is 0 Å². The summed E-state index contributed by atoms with van der Waals surface area (Å²) < 4.78 is 0. The zero-order valence-corrected chi connectivity index (χ0v) is 15.6. The van der Waals surface area contributed by atoms with Crippen LogP contribution in [0.4, 0.5) is 5.69 Å². The van der Waals surface area contributed by atoms with Crippen molar-refractivity contribution in [1.29, 1.82) is 0 Å². The summed E-state index contributed by atoms with van der Waals surface area (Å²) in [6, 6.07) is 5.48. The van der Waals surface area contributed by atoms with Gasteiger partial charge in [0.15, 0.2) is 5.11 Å². The molecule has 0 spiro atoms. The number of rotatable bonds is 2. The zero-order valence-electron chi connectivity index (χ0n) is 13.3. The third-order valence-corrected chi connectivity index (χ3v) is 7.12. The highest BCUT2D eigenvalue weighted by molar-refractivity contribution is 7.80. The molecule has 124 valence electrons. The smallest absolute Gasteiger partial charge is 0.173 e. The molecule has 0 heterocycles. The van der Waals surface area contributed by atoms with Crippen molar-refractivity contribution in [1.82, 2.24) is 4.90 Å². The maximum atomic E-state index is 6.27. The van der Waals surface area contributed by atoms with Crippen LogP contribution in [-0.2, 0) is 0 Å². The second-order valence-corrected chi connectivity index (χ2v) is 8.99. The first-order valence-corrected chi connectivity index (χ1v) is 9.61. The summed E-state index contributed by atoms with van der Waals surface area (Å²) in [5, 5.41) is 5.35. The van der Waals surface area contributed by atoms with Gasteiger partial charge in [0.25, 0.3) is 0 Å². The second-order valence-electron chi connectivity index (χ2n) is 7.76. The number of anilines is 1. The van der Waals surface area contributed by atoms with Crippen LogP contribution in [0.3, 0.4) is 0 Å². The average Bonchev–Trinajstić information content (AvgIpc) is 2.48. The first-order chi connectivity index (χ1) is 10.9. The zero-order chi connectivity index (χ0) is 16.2. The first kappa shape index (κ1) is 16.0. The van der Waals surface area contributed by atoms with E-state index in [1.807, 2.05) is 12.1 Å². The molecule has 5 rings (SSSR count). The fourth-order valence-corrected chi connectivity index (χ4v) is 6.24. The molecule has 0 atom stereocenters. The molecule has 1 aromatic rings. The molecule has 4 fully saturated rings. The Bertz CT molecular complexity index is 611. The van der Waals surface area contributed by atoms with Crippen molar-refractivity contribution < 1.29 is 0 Å². The minimum atomic E-state index is 0.262. The lowest BCUT2D eigenvalue weighted by Crippen LogP contribution is -2.60. The predicted octanol–water partition coefficient (Wildman–Crippen LogP) is 5.59. The van der Waals surface area contributed by atoms with Gasteiger partial charge in [-0.25, -0.2) is 0 Å². The van der Waals surface area contributed by atoms with Crippen molar-refractivity contribution in [3.63, 3.8) is 0 Å². The lowest BCUT2D eigenvalue weighted by molar-refractivity contribution is -0.0538. The van der Waals surface area contributed by atoms with Gasteiger partial charge < -0.3 is 10.2 Å². The highest BCUT2D eigenvalue weighted by Gasteiger charge is 2.53. The highest BCUT2D eigenvalue weighted by atomic mass is 35.5. The summed E-state index contributed by atoms with van der Waals surface area (Å²) in [4.78, 5) is 2.33. The monoisotopic (exact) mass is 368 g/mol. The van der Waals surface area contributed by atoms with E-state index in [1.54, 1.807) is 6.07 Å². The van der Waals surface area contributed by atoms with Gasteiger partial charge in [-0.2, -0.15) is 0 Å². The normalized spacial score (nSPS) is 34.5. The maximum absolute atomic E-state index is 6.27. The van der Waals surface area contributed by atoms with Gasteiger partial charge in [0.05, 0.1) is 10.7 Å². The third kappa shape index (κ3) is 2.85. The molecular formula is C18H22Cl2N2S. The van der Waals surface area contributed by atoms with Gasteiger partial charge in [0.2, 0.25) is 0 Å². The third-order valence-electron chi connectivity index (χ3n) is 6.19. The van der Waals surface area contributed by atoms with Crippen LogP contribution < -0.4 is 5.32 Å². The molecule has 0 aliphatic heterocycles. The molecule has 2 nitrogen and oxygen atoms in total. The Hall–Kier alpha value is -0.510. The van der Waals surface area contributed by atoms with Crippen LogP contribution in [0.25, 0.3) is 0 Å². The fourth-order valence-electron chi connectivity index (χ4n) is 5.48. The van der Waals surface area contributed by atoms with Gasteiger partial charge in [0.1, 0.15) is 0 Å². The van der Waals surface area contributed by atoms with Crippen molar-refractivity contribution >= 4 is 46.2 Å². The lowest BCUT2D eigenvalue weighted by atomic mass is 9.52. The van der Waals surface area contributed by atoms with Crippen molar-refractivity contribution in [2.75, 3.05) is 12.4 Å². The Labute approximate surface area is 153 Å². The van der Waals surface area contributed by atoms with Gasteiger partial charge in [-0.1, -0.05) is 23.2 Å². The number of halogens is 2. The molecule has 4 saturated carbocycles. The molecule has 4 bridgehead atoms. The average molecular weight is 369 g/mol. The van der Waals surface area contributed by atoms with Crippen LogP contribution >= 0.6 is 35.4 Å². The number of thiocarbonyl (C=S) groups is 1. The summed E-state index contributed by atoms with van der Waals surface area (Å²) in [7, 11) is 2.16. The Morgan fingerprint density at radius 1 is 1.13 bits per heavy atom. The number of hydrogen-bond donors (Lipinski definition) is 1. The van der Waals surface area contributed by atoms with Crippen LogP contribution in [0.15, 0.2) is 18.2 Å². The van der Waals surface area contributed by atoms with Crippen molar-refractivity contribution in [2.45, 2.75) is 44.1 Å². The summed E-state index contributed by atoms with van der Waals surface area (Å²) in [5.74, 6) is 2.72. The first-order valence-electron chi connectivity index (χ1n) is 8.45. The minimum Gasteiger partial charge on any atom is -0.346 e. The quantitative estimate of drug-likeness (QED) is 0.684. The Morgan fingerprint density at radius 3 is 2.22 bits per heavy atom. The van der Waals surface area contributed by atoms with E-state index in [9.17, 15) is 0 Å². The molecule has 4 aliphatic rings. The van der Waals surface area contributed by atoms with Crippen LogP contribution in [0.2, 0.25) is 10.0 Å². The largest absolute Gasteiger partial charge is 0.346 e.